The summed E-state index contributed by atoms with van der Waals surface area (Å²) in [5.74, 6) is 3.59. The van der Waals surface area contributed by atoms with Crippen LogP contribution in [-0.2, 0) is 0 Å². The van der Waals surface area contributed by atoms with Crippen molar-refractivity contribution in [1.29, 1.82) is 0 Å². The van der Waals surface area contributed by atoms with E-state index in [1.807, 2.05) is 5.57 Å². The van der Waals surface area contributed by atoms with E-state index in [1.165, 1.54) is 57.8 Å². The number of fused-ring (bicyclic) bond motifs is 5. The first kappa shape index (κ1) is 20.7. The maximum atomic E-state index is 10.3. The second-order valence-electron chi connectivity index (χ2n) is 11.7. The zero-order valence-corrected chi connectivity index (χ0v) is 19.1. The molecule has 4 aliphatic carbocycles. The van der Waals surface area contributed by atoms with E-state index >= 15 is 0 Å². The molecule has 0 spiro atoms. The fourth-order valence-corrected chi connectivity index (χ4v) is 7.98. The molecule has 0 bridgehead atoms. The Morgan fingerprint density at radius 2 is 1.75 bits per heavy atom. The fraction of sp³-hybridized carbons (Fsp3) is 0.852. The maximum absolute atomic E-state index is 10.3. The Hall–Kier alpha value is -0.560. The van der Waals surface area contributed by atoms with Crippen molar-refractivity contribution in [1.82, 2.24) is 0 Å². The predicted octanol–water partition coefficient (Wildman–Crippen LogP) is 7.31. The number of aliphatic hydroxyl groups excluding tert-OH is 1. The van der Waals surface area contributed by atoms with E-state index in [-0.39, 0.29) is 6.10 Å². The largest absolute Gasteiger partial charge is 0.393 e. The summed E-state index contributed by atoms with van der Waals surface area (Å²) in [4.78, 5) is 0. The van der Waals surface area contributed by atoms with Gasteiger partial charge >= 0.3 is 0 Å². The normalized spacial score (nSPS) is 42.2. The van der Waals surface area contributed by atoms with Gasteiger partial charge in [0.15, 0.2) is 0 Å². The Labute approximate surface area is 174 Å². The molecule has 0 aliphatic heterocycles. The molecular formula is C27H44O. The lowest BCUT2D eigenvalue weighted by Gasteiger charge is -2.54. The van der Waals surface area contributed by atoms with Gasteiger partial charge in [0.25, 0.3) is 0 Å². The Bertz CT molecular complexity index is 643. The molecule has 4 aliphatic rings. The van der Waals surface area contributed by atoms with Gasteiger partial charge in [0, 0.05) is 0 Å². The summed E-state index contributed by atoms with van der Waals surface area (Å²) in [7, 11) is 0. The lowest BCUT2D eigenvalue weighted by molar-refractivity contribution is 0.0412. The third-order valence-electron chi connectivity index (χ3n) is 9.93. The van der Waals surface area contributed by atoms with Crippen LogP contribution in [0, 0.1) is 40.4 Å². The summed E-state index contributed by atoms with van der Waals surface area (Å²) < 4.78 is 0. The molecule has 1 heteroatoms. The molecule has 0 amide bonds. The Kier molecular flexibility index (Phi) is 5.62. The summed E-state index contributed by atoms with van der Waals surface area (Å²) in [6, 6.07) is 0. The van der Waals surface area contributed by atoms with Gasteiger partial charge in [0.2, 0.25) is 0 Å². The minimum Gasteiger partial charge on any atom is -0.393 e. The van der Waals surface area contributed by atoms with Crippen LogP contribution < -0.4 is 0 Å². The summed E-state index contributed by atoms with van der Waals surface area (Å²) in [5.41, 5.74) is 4.55. The lowest BCUT2D eigenvalue weighted by atomic mass is 9.50. The first-order valence-corrected chi connectivity index (χ1v) is 12.4. The molecule has 0 radical (unpaired) electrons. The first-order valence-electron chi connectivity index (χ1n) is 12.4. The first-order chi connectivity index (χ1) is 13.3. The lowest BCUT2D eigenvalue weighted by Crippen LogP contribution is -2.45. The van der Waals surface area contributed by atoms with Crippen molar-refractivity contribution in [3.63, 3.8) is 0 Å². The molecule has 0 aromatic rings. The Balaban J connectivity index is 1.52. The van der Waals surface area contributed by atoms with Gasteiger partial charge in [-0.05, 0) is 98.2 Å². The van der Waals surface area contributed by atoms with Gasteiger partial charge in [-0.3, -0.25) is 0 Å². The molecule has 1 N–H and O–H groups in total. The molecule has 4 rings (SSSR count). The molecule has 1 nitrogen and oxygen atoms in total. The van der Waals surface area contributed by atoms with E-state index in [1.54, 1.807) is 5.57 Å². The molecule has 1 unspecified atom stereocenters. The van der Waals surface area contributed by atoms with E-state index < -0.39 is 0 Å². The third kappa shape index (κ3) is 3.24. The van der Waals surface area contributed by atoms with E-state index in [2.05, 4.69) is 46.8 Å². The molecule has 3 fully saturated rings. The highest BCUT2D eigenvalue weighted by Crippen LogP contribution is 2.66. The standard InChI is InChI=1S/C27H44O/c1-18(2)25(28)14-9-19(3)22-12-13-23-21-11-10-20-8-6-7-16-26(20,4)24(21)15-17-27(22,23)5/h10-11,18-19,22-25,28H,6-9,12-17H2,1-5H3/t19-,22-,23+,24+,25?,26+,27-/m1/s1. The van der Waals surface area contributed by atoms with Crippen LogP contribution in [0.4, 0.5) is 0 Å². The van der Waals surface area contributed by atoms with Gasteiger partial charge in [-0.2, -0.15) is 0 Å². The van der Waals surface area contributed by atoms with E-state index in [0.717, 1.165) is 30.1 Å². The van der Waals surface area contributed by atoms with Crippen LogP contribution in [0.15, 0.2) is 23.3 Å². The van der Waals surface area contributed by atoms with Crippen LogP contribution in [0.25, 0.3) is 0 Å². The van der Waals surface area contributed by atoms with Gasteiger partial charge in [-0.25, -0.2) is 0 Å². The van der Waals surface area contributed by atoms with Gasteiger partial charge in [0.05, 0.1) is 6.10 Å². The van der Waals surface area contributed by atoms with Gasteiger partial charge in [0.1, 0.15) is 0 Å². The quantitative estimate of drug-likeness (QED) is 0.527. The molecule has 3 saturated carbocycles. The van der Waals surface area contributed by atoms with Crippen molar-refractivity contribution in [2.45, 2.75) is 105 Å². The highest BCUT2D eigenvalue weighted by Gasteiger charge is 2.56. The SMILES string of the molecule is CC(C)C(O)CC[C@@H](C)[C@H]1CC[C@H]2C3=CC=C4CCCC[C@]4(C)[C@H]3CC[C@]12C. The summed E-state index contributed by atoms with van der Waals surface area (Å²) in [6.07, 6.45) is 18.4. The number of allylic oxidation sites excluding steroid dienone is 4. The van der Waals surface area contributed by atoms with Gasteiger partial charge in [-0.15, -0.1) is 0 Å². The molecule has 0 heterocycles. The average Bonchev–Trinajstić information content (AvgIpc) is 3.02. The minimum atomic E-state index is -0.126. The summed E-state index contributed by atoms with van der Waals surface area (Å²) in [5, 5.41) is 10.3. The third-order valence-corrected chi connectivity index (χ3v) is 9.93. The van der Waals surface area contributed by atoms with Crippen LogP contribution in [0.3, 0.4) is 0 Å². The molecule has 0 aromatic carbocycles. The molecule has 158 valence electrons. The smallest absolute Gasteiger partial charge is 0.0563 e. The Morgan fingerprint density at radius 3 is 2.50 bits per heavy atom. The van der Waals surface area contributed by atoms with E-state index in [9.17, 15) is 5.11 Å². The van der Waals surface area contributed by atoms with E-state index in [4.69, 9.17) is 0 Å². The van der Waals surface area contributed by atoms with E-state index in [0.29, 0.717) is 16.7 Å². The molecule has 28 heavy (non-hydrogen) atoms. The van der Waals surface area contributed by atoms with Crippen LogP contribution in [0.5, 0.6) is 0 Å². The minimum absolute atomic E-state index is 0.126. The van der Waals surface area contributed by atoms with Crippen molar-refractivity contribution in [2.75, 3.05) is 0 Å². The maximum Gasteiger partial charge on any atom is 0.0563 e. The highest BCUT2D eigenvalue weighted by atomic mass is 16.3. The van der Waals surface area contributed by atoms with Crippen molar-refractivity contribution in [3.8, 4) is 0 Å². The Morgan fingerprint density at radius 1 is 0.964 bits per heavy atom. The molecule has 0 aromatic heterocycles. The number of aliphatic hydroxyl groups is 1. The van der Waals surface area contributed by atoms with Crippen molar-refractivity contribution < 1.29 is 5.11 Å². The van der Waals surface area contributed by atoms with Gasteiger partial charge < -0.3 is 5.11 Å². The second kappa shape index (κ2) is 7.60. The van der Waals surface area contributed by atoms with Gasteiger partial charge in [-0.1, -0.05) is 64.3 Å². The highest BCUT2D eigenvalue weighted by molar-refractivity contribution is 5.38. The average molecular weight is 385 g/mol. The topological polar surface area (TPSA) is 20.2 Å². The van der Waals surface area contributed by atoms with Crippen LogP contribution in [-0.4, -0.2) is 11.2 Å². The molecular weight excluding hydrogens is 340 g/mol. The van der Waals surface area contributed by atoms with Crippen LogP contribution in [0.1, 0.15) is 98.8 Å². The zero-order valence-electron chi connectivity index (χ0n) is 19.1. The van der Waals surface area contributed by atoms with Crippen molar-refractivity contribution in [2.24, 2.45) is 40.4 Å². The van der Waals surface area contributed by atoms with Crippen LogP contribution in [0.2, 0.25) is 0 Å². The fourth-order valence-electron chi connectivity index (χ4n) is 7.98. The second-order valence-corrected chi connectivity index (χ2v) is 11.7. The predicted molar refractivity (Wildman–Crippen MR) is 119 cm³/mol. The number of hydrogen-bond donors (Lipinski definition) is 1. The van der Waals surface area contributed by atoms with Crippen molar-refractivity contribution >= 4 is 0 Å². The summed E-state index contributed by atoms with van der Waals surface area (Å²) in [6.45, 7) is 12.0. The molecule has 0 saturated heterocycles. The van der Waals surface area contributed by atoms with Crippen molar-refractivity contribution in [3.05, 3.63) is 23.3 Å². The van der Waals surface area contributed by atoms with Crippen LogP contribution >= 0.6 is 0 Å². The number of rotatable bonds is 5. The number of hydrogen-bond acceptors (Lipinski definition) is 1. The zero-order chi connectivity index (χ0) is 20.1. The monoisotopic (exact) mass is 384 g/mol. The summed E-state index contributed by atoms with van der Waals surface area (Å²) >= 11 is 0. The molecule has 7 atom stereocenters.